The fourth-order valence-corrected chi connectivity index (χ4v) is 4.85. The quantitative estimate of drug-likeness (QED) is 0.833. The van der Waals surface area contributed by atoms with Gasteiger partial charge in [0.25, 0.3) is 5.91 Å². The summed E-state index contributed by atoms with van der Waals surface area (Å²) in [6.45, 7) is 4.91. The minimum Gasteiger partial charge on any atom is -0.381 e. The number of hydrogen-bond donors (Lipinski definition) is 1. The van der Waals surface area contributed by atoms with Crippen LogP contribution in [-0.2, 0) is 9.53 Å². The molecule has 0 unspecified atom stereocenters. The number of pyridine rings is 1. The van der Waals surface area contributed by atoms with Gasteiger partial charge in [0.05, 0.1) is 5.92 Å². The SMILES string of the molecule is O=C(N[C@H]1CC[C@@H](C(=O)N2CCCC2)CN(C2CCOCC2)C1)c1ccccn1. The van der Waals surface area contributed by atoms with Crippen LogP contribution in [0.25, 0.3) is 0 Å². The van der Waals surface area contributed by atoms with Crippen LogP contribution in [0.3, 0.4) is 0 Å². The third-order valence-electron chi connectivity index (χ3n) is 6.48. The summed E-state index contributed by atoms with van der Waals surface area (Å²) in [4.78, 5) is 34.4. The maximum atomic E-state index is 13.1. The lowest BCUT2D eigenvalue weighted by molar-refractivity contribution is -0.135. The van der Waals surface area contributed by atoms with Crippen molar-refractivity contribution in [3.8, 4) is 0 Å². The molecule has 158 valence electrons. The maximum absolute atomic E-state index is 13.1. The Labute approximate surface area is 172 Å². The lowest BCUT2D eigenvalue weighted by Gasteiger charge is -2.36. The molecule has 3 fully saturated rings. The highest BCUT2D eigenvalue weighted by molar-refractivity contribution is 5.92. The molecule has 1 N–H and O–H groups in total. The Morgan fingerprint density at radius 3 is 2.55 bits per heavy atom. The van der Waals surface area contributed by atoms with Gasteiger partial charge in [-0.3, -0.25) is 19.5 Å². The van der Waals surface area contributed by atoms with Crippen LogP contribution in [0.1, 0.15) is 49.0 Å². The molecule has 0 spiro atoms. The molecule has 1 aromatic rings. The lowest BCUT2D eigenvalue weighted by Crippen LogP contribution is -2.49. The van der Waals surface area contributed by atoms with Gasteiger partial charge in [0.1, 0.15) is 5.69 Å². The van der Waals surface area contributed by atoms with Crippen molar-refractivity contribution < 1.29 is 14.3 Å². The average Bonchev–Trinajstić information content (AvgIpc) is 3.23. The van der Waals surface area contributed by atoms with E-state index in [1.807, 2.05) is 17.0 Å². The van der Waals surface area contributed by atoms with Gasteiger partial charge in [-0.25, -0.2) is 0 Å². The van der Waals surface area contributed by atoms with Gasteiger partial charge in [-0.15, -0.1) is 0 Å². The zero-order valence-corrected chi connectivity index (χ0v) is 17.1. The number of aromatic nitrogens is 1. The minimum absolute atomic E-state index is 0.0210. The predicted octanol–water partition coefficient (Wildman–Crippen LogP) is 1.69. The number of carbonyl (C=O) groups excluding carboxylic acids is 2. The number of ether oxygens (including phenoxy) is 1. The fraction of sp³-hybridized carbons (Fsp3) is 0.682. The van der Waals surface area contributed by atoms with Gasteiger partial charge >= 0.3 is 0 Å². The maximum Gasteiger partial charge on any atom is 0.270 e. The normalized spacial score (nSPS) is 26.8. The molecular weight excluding hydrogens is 368 g/mol. The first-order valence-electron chi connectivity index (χ1n) is 11.0. The summed E-state index contributed by atoms with van der Waals surface area (Å²) in [5.74, 6) is 0.191. The standard InChI is InChI=1S/C22H32N4O3/c27-21(20-5-1-2-10-23-20)24-18-7-6-17(22(28)25-11-3-4-12-25)15-26(16-18)19-8-13-29-14-9-19/h1-2,5,10,17-19H,3-4,6-9,11-16H2,(H,24,27)/t17-,18+/m1/s1. The van der Waals surface area contributed by atoms with E-state index in [0.717, 1.165) is 77.9 Å². The third-order valence-corrected chi connectivity index (χ3v) is 6.48. The topological polar surface area (TPSA) is 74.8 Å². The zero-order chi connectivity index (χ0) is 20.1. The van der Waals surface area contributed by atoms with E-state index in [1.165, 1.54) is 0 Å². The van der Waals surface area contributed by atoms with Crippen LogP contribution in [0.15, 0.2) is 24.4 Å². The Kier molecular flexibility index (Phi) is 6.77. The van der Waals surface area contributed by atoms with Crippen LogP contribution in [0.4, 0.5) is 0 Å². The lowest BCUT2D eigenvalue weighted by atomic mass is 9.99. The number of likely N-dealkylation sites (tertiary alicyclic amines) is 2. The number of rotatable bonds is 4. The zero-order valence-electron chi connectivity index (χ0n) is 17.1. The summed E-state index contributed by atoms with van der Waals surface area (Å²) < 4.78 is 5.55. The number of hydrogen-bond acceptors (Lipinski definition) is 5. The van der Waals surface area contributed by atoms with E-state index in [0.29, 0.717) is 17.6 Å². The van der Waals surface area contributed by atoms with Crippen LogP contribution in [0, 0.1) is 5.92 Å². The number of nitrogens with zero attached hydrogens (tertiary/aromatic N) is 3. The molecule has 0 radical (unpaired) electrons. The molecule has 7 nitrogen and oxygen atoms in total. The summed E-state index contributed by atoms with van der Waals surface area (Å²) in [5, 5.41) is 3.17. The summed E-state index contributed by atoms with van der Waals surface area (Å²) in [5.41, 5.74) is 0.444. The van der Waals surface area contributed by atoms with E-state index in [2.05, 4.69) is 15.2 Å². The number of carbonyl (C=O) groups is 2. The first kappa shape index (κ1) is 20.3. The Bertz CT molecular complexity index is 687. The highest BCUT2D eigenvalue weighted by Crippen LogP contribution is 2.25. The van der Waals surface area contributed by atoms with Gasteiger partial charge in [0, 0.05) is 57.7 Å². The van der Waals surface area contributed by atoms with Crippen molar-refractivity contribution in [3.05, 3.63) is 30.1 Å². The van der Waals surface area contributed by atoms with Crippen molar-refractivity contribution in [3.63, 3.8) is 0 Å². The second-order valence-corrected chi connectivity index (χ2v) is 8.49. The number of nitrogens with one attached hydrogen (secondary N) is 1. The van der Waals surface area contributed by atoms with Gasteiger partial charge in [-0.1, -0.05) is 6.07 Å². The summed E-state index contributed by atoms with van der Waals surface area (Å²) in [6.07, 6.45) is 7.50. The smallest absolute Gasteiger partial charge is 0.270 e. The Hall–Kier alpha value is -1.99. The van der Waals surface area contributed by atoms with Gasteiger partial charge < -0.3 is 15.0 Å². The summed E-state index contributed by atoms with van der Waals surface area (Å²) in [6, 6.07) is 5.83. The molecule has 3 aliphatic heterocycles. The van der Waals surface area contributed by atoms with Gasteiger partial charge in [0.2, 0.25) is 5.91 Å². The summed E-state index contributed by atoms with van der Waals surface area (Å²) >= 11 is 0. The van der Waals surface area contributed by atoms with Gasteiger partial charge in [-0.05, 0) is 50.7 Å². The van der Waals surface area contributed by atoms with Crippen molar-refractivity contribution >= 4 is 11.8 Å². The van der Waals surface area contributed by atoms with Gasteiger partial charge in [0.15, 0.2) is 0 Å². The second kappa shape index (κ2) is 9.67. The average molecular weight is 401 g/mol. The largest absolute Gasteiger partial charge is 0.381 e. The molecule has 29 heavy (non-hydrogen) atoms. The molecule has 3 aliphatic rings. The van der Waals surface area contributed by atoms with Crippen molar-refractivity contribution in [1.82, 2.24) is 20.1 Å². The highest BCUT2D eigenvalue weighted by atomic mass is 16.5. The Balaban J connectivity index is 1.45. The van der Waals surface area contributed by atoms with Crippen LogP contribution >= 0.6 is 0 Å². The fourth-order valence-electron chi connectivity index (χ4n) is 4.85. The molecular formula is C22H32N4O3. The van der Waals surface area contributed by atoms with Crippen molar-refractivity contribution in [2.45, 2.75) is 50.6 Å². The first-order valence-corrected chi connectivity index (χ1v) is 11.0. The molecule has 2 atom stereocenters. The van der Waals surface area contributed by atoms with Crippen LogP contribution in [0.5, 0.6) is 0 Å². The van der Waals surface area contributed by atoms with E-state index in [-0.39, 0.29) is 17.9 Å². The monoisotopic (exact) mass is 400 g/mol. The molecule has 0 saturated carbocycles. The van der Waals surface area contributed by atoms with Crippen molar-refractivity contribution in [2.24, 2.45) is 5.92 Å². The molecule has 0 aromatic carbocycles. The molecule has 0 aliphatic carbocycles. The molecule has 2 amide bonds. The molecule has 4 heterocycles. The van der Waals surface area contributed by atoms with Crippen LogP contribution in [-0.4, -0.2) is 78.1 Å². The molecule has 4 rings (SSSR count). The third kappa shape index (κ3) is 5.14. The van der Waals surface area contributed by atoms with Crippen molar-refractivity contribution in [1.29, 1.82) is 0 Å². The van der Waals surface area contributed by atoms with E-state index in [4.69, 9.17) is 4.74 Å². The molecule has 0 bridgehead atoms. The van der Waals surface area contributed by atoms with Crippen LogP contribution in [0.2, 0.25) is 0 Å². The minimum atomic E-state index is -0.133. The molecule has 7 heteroatoms. The highest BCUT2D eigenvalue weighted by Gasteiger charge is 2.35. The summed E-state index contributed by atoms with van der Waals surface area (Å²) in [7, 11) is 0. The van der Waals surface area contributed by atoms with Gasteiger partial charge in [-0.2, -0.15) is 0 Å². The van der Waals surface area contributed by atoms with E-state index < -0.39 is 0 Å². The Morgan fingerprint density at radius 2 is 1.83 bits per heavy atom. The first-order chi connectivity index (χ1) is 14.2. The predicted molar refractivity (Wildman–Crippen MR) is 109 cm³/mol. The van der Waals surface area contributed by atoms with Crippen LogP contribution < -0.4 is 5.32 Å². The van der Waals surface area contributed by atoms with E-state index >= 15 is 0 Å². The van der Waals surface area contributed by atoms with E-state index in [9.17, 15) is 9.59 Å². The Morgan fingerprint density at radius 1 is 1.03 bits per heavy atom. The molecule has 3 saturated heterocycles. The second-order valence-electron chi connectivity index (χ2n) is 8.49. The van der Waals surface area contributed by atoms with Crippen molar-refractivity contribution in [2.75, 3.05) is 39.4 Å². The number of amides is 2. The molecule has 1 aromatic heterocycles. The van der Waals surface area contributed by atoms with E-state index in [1.54, 1.807) is 12.3 Å².